The van der Waals surface area contributed by atoms with Gasteiger partial charge in [-0.15, -0.1) is 0 Å². The number of ketones is 1. The fraction of sp³-hybridized carbons (Fsp3) is 0.698. The zero-order chi connectivity index (χ0) is 45.5. The third-order valence-corrected chi connectivity index (χ3v) is 14.7. The SMILES string of the molecule is CC[C@H]1OC(=O)[C@H](C)[C@H]2OCC(NS(=O)(=O)c3cccc4cccnc34)CNC(=O)O[C@](C)(C[C@@H](C)C(=O)[C@H](C)[C@@H]3NC(=O)O[C@]13C)[C@H](O[C@@H]1O[C@H](C)C[C@H](N(C)C)[C@H]1O)[C@H]2C. The van der Waals surface area contributed by atoms with Crippen LogP contribution in [0.15, 0.2) is 41.4 Å². The number of benzene rings is 1. The molecule has 5 heterocycles. The monoisotopic (exact) mass is 889 g/mol. The minimum absolute atomic E-state index is 0.0930. The van der Waals surface area contributed by atoms with Crippen molar-refractivity contribution in [2.45, 2.75) is 146 Å². The first-order valence-electron chi connectivity index (χ1n) is 21.4. The Balaban J connectivity index is 1.47. The second-order valence-electron chi connectivity index (χ2n) is 18.1. The Morgan fingerprint density at radius 1 is 1.00 bits per heavy atom. The van der Waals surface area contributed by atoms with Gasteiger partial charge >= 0.3 is 18.2 Å². The molecule has 0 spiro atoms. The maximum Gasteiger partial charge on any atom is 0.408 e. The predicted octanol–water partition coefficient (Wildman–Crippen LogP) is 3.28. The number of alkyl carbamates (subject to hydrolysis) is 2. The normalized spacial score (nSPS) is 39.1. The number of likely N-dealkylation sites (N-methyl/N-ethyl adjacent to an activating group) is 1. The third-order valence-electron chi connectivity index (χ3n) is 13.2. The van der Waals surface area contributed by atoms with E-state index in [9.17, 15) is 32.7 Å². The van der Waals surface area contributed by atoms with Gasteiger partial charge in [-0.25, -0.2) is 22.7 Å². The number of pyridine rings is 1. The number of cyclic esters (lactones) is 1. The van der Waals surface area contributed by atoms with Gasteiger partial charge in [-0.2, -0.15) is 0 Å². The van der Waals surface area contributed by atoms with Gasteiger partial charge in [0.15, 0.2) is 11.9 Å². The van der Waals surface area contributed by atoms with Gasteiger partial charge < -0.3 is 49.1 Å². The highest BCUT2D eigenvalue weighted by molar-refractivity contribution is 7.89. The van der Waals surface area contributed by atoms with Crippen molar-refractivity contribution >= 4 is 44.9 Å². The fourth-order valence-electron chi connectivity index (χ4n) is 9.91. The molecule has 0 aliphatic carbocycles. The zero-order valence-electron chi connectivity index (χ0n) is 37.2. The molecule has 4 saturated heterocycles. The summed E-state index contributed by atoms with van der Waals surface area (Å²) in [6.07, 6.45) is -5.81. The second kappa shape index (κ2) is 18.6. The van der Waals surface area contributed by atoms with Gasteiger partial charge in [-0.1, -0.05) is 45.9 Å². The van der Waals surface area contributed by atoms with Gasteiger partial charge in [0.2, 0.25) is 10.0 Å². The van der Waals surface area contributed by atoms with Crippen LogP contribution in [-0.4, -0.2) is 141 Å². The summed E-state index contributed by atoms with van der Waals surface area (Å²) in [6, 6.07) is 5.79. The van der Waals surface area contributed by atoms with Gasteiger partial charge in [-0.3, -0.25) is 14.6 Å². The number of para-hydroxylation sites is 1. The molecular weight excluding hydrogens is 827 g/mol. The number of hydrogen-bond acceptors (Lipinski definition) is 15. The van der Waals surface area contributed by atoms with Crippen LogP contribution in [0.25, 0.3) is 10.9 Å². The molecule has 2 aromatic rings. The number of aromatic nitrogens is 1. The van der Waals surface area contributed by atoms with Crippen molar-refractivity contribution in [3.05, 3.63) is 36.5 Å². The summed E-state index contributed by atoms with van der Waals surface area (Å²) in [4.78, 5) is 62.1. The van der Waals surface area contributed by atoms with Crippen LogP contribution in [-0.2, 0) is 48.0 Å². The fourth-order valence-corrected chi connectivity index (χ4v) is 11.3. The molecule has 4 aliphatic heterocycles. The third kappa shape index (κ3) is 9.58. The molecule has 1 aromatic heterocycles. The first-order chi connectivity index (χ1) is 29.1. The number of esters is 1. The lowest BCUT2D eigenvalue weighted by atomic mass is 9.73. The van der Waals surface area contributed by atoms with E-state index in [1.165, 1.54) is 12.3 Å². The summed E-state index contributed by atoms with van der Waals surface area (Å²) in [5.41, 5.74) is -2.92. The quantitative estimate of drug-likeness (QED) is 0.231. The van der Waals surface area contributed by atoms with Crippen LogP contribution in [0.3, 0.4) is 0 Å². The highest BCUT2D eigenvalue weighted by Crippen LogP contribution is 2.42. The van der Waals surface area contributed by atoms with E-state index < -0.39 is 106 Å². The van der Waals surface area contributed by atoms with Gasteiger partial charge in [0.25, 0.3) is 0 Å². The maximum atomic E-state index is 14.5. The molecule has 62 heavy (non-hydrogen) atoms. The summed E-state index contributed by atoms with van der Waals surface area (Å²) >= 11 is 0. The van der Waals surface area contributed by atoms with Crippen molar-refractivity contribution in [1.82, 2.24) is 25.2 Å². The van der Waals surface area contributed by atoms with E-state index in [1.54, 1.807) is 72.7 Å². The molecule has 344 valence electrons. The van der Waals surface area contributed by atoms with E-state index in [0.29, 0.717) is 11.8 Å². The molecule has 6 rings (SSSR count). The number of nitrogens with zero attached hydrogens (tertiary/aromatic N) is 2. The highest BCUT2D eigenvalue weighted by Gasteiger charge is 2.58. The van der Waals surface area contributed by atoms with Crippen LogP contribution < -0.4 is 15.4 Å². The Morgan fingerprint density at radius 2 is 1.71 bits per heavy atom. The molecule has 1 aromatic carbocycles. The topological polar surface area (TPSA) is 230 Å². The molecule has 18 nitrogen and oxygen atoms in total. The summed E-state index contributed by atoms with van der Waals surface area (Å²) in [6.45, 7) is 12.9. The lowest BCUT2D eigenvalue weighted by Gasteiger charge is -2.48. The summed E-state index contributed by atoms with van der Waals surface area (Å²) in [5.74, 6) is -4.74. The van der Waals surface area contributed by atoms with Crippen molar-refractivity contribution in [3.8, 4) is 0 Å². The summed E-state index contributed by atoms with van der Waals surface area (Å²) in [5, 5.41) is 17.8. The first-order valence-corrected chi connectivity index (χ1v) is 22.9. The van der Waals surface area contributed by atoms with E-state index >= 15 is 0 Å². The summed E-state index contributed by atoms with van der Waals surface area (Å²) in [7, 11) is -0.641. The number of aliphatic hydroxyl groups excluding tert-OH is 1. The lowest BCUT2D eigenvalue weighted by Crippen LogP contribution is -2.61. The molecule has 2 bridgehead atoms. The van der Waals surface area contributed by atoms with Gasteiger partial charge in [0.05, 0.1) is 42.3 Å². The number of hydrogen-bond donors (Lipinski definition) is 4. The molecule has 4 aliphatic rings. The number of amides is 2. The predicted molar refractivity (Wildman–Crippen MR) is 224 cm³/mol. The highest BCUT2D eigenvalue weighted by atomic mass is 32.2. The number of carbonyl (C=O) groups excluding carboxylic acids is 4. The number of fused-ring (bicyclic) bond motifs is 5. The van der Waals surface area contributed by atoms with Crippen molar-refractivity contribution < 1.29 is 61.1 Å². The number of Topliss-reactive ketones (excluding diaryl/α,β-unsaturated/α-hetero) is 1. The van der Waals surface area contributed by atoms with E-state index in [2.05, 4.69) is 20.3 Å². The first kappa shape index (κ1) is 47.5. The van der Waals surface area contributed by atoms with Crippen LogP contribution in [0.1, 0.15) is 74.7 Å². The Kier molecular flexibility index (Phi) is 14.3. The summed E-state index contributed by atoms with van der Waals surface area (Å²) < 4.78 is 69.0. The Hall–Kier alpha value is -3.98. The Morgan fingerprint density at radius 3 is 2.40 bits per heavy atom. The van der Waals surface area contributed by atoms with Gasteiger partial charge in [0.1, 0.15) is 34.6 Å². The molecule has 1 unspecified atom stereocenters. The Bertz CT molecular complexity index is 2090. The van der Waals surface area contributed by atoms with Gasteiger partial charge in [0, 0.05) is 41.9 Å². The average molecular weight is 890 g/mol. The number of carbonyl (C=O) groups is 4. The smallest absolute Gasteiger partial charge is 0.408 e. The van der Waals surface area contributed by atoms with Crippen molar-refractivity contribution in [2.24, 2.45) is 23.7 Å². The average Bonchev–Trinajstić information content (AvgIpc) is 3.53. The maximum absolute atomic E-state index is 14.5. The van der Waals surface area contributed by atoms with E-state index in [1.807, 2.05) is 25.9 Å². The molecule has 2 amide bonds. The standard InChI is InChI=1S/C43H63N5O13S/c1-11-31-43(8)36(46-41(53)61-43)24(4)33(49)22(2)19-42(7)37(59-39-34(50)29(48(9)10)18-23(3)57-39)25(5)35(26(6)38(51)58-31)56-21-28(20-45-40(52)60-42)47-62(54,55)30-16-12-14-27-15-13-17-44-32(27)30/h12-17,22-26,28-29,31,34-37,39,47,50H,11,18-21H2,1-10H3,(H,45,52)(H,46,53)/t22-,23-,24+,25+,26-,28?,29+,31-,34-,35+,36+,37-,39+,42-,43-/m1/s1. The van der Waals surface area contributed by atoms with Crippen molar-refractivity contribution in [1.29, 1.82) is 0 Å². The molecule has 19 heteroatoms. The number of nitrogens with one attached hydrogen (secondary N) is 3. The molecule has 0 radical (unpaired) electrons. The van der Waals surface area contributed by atoms with Crippen molar-refractivity contribution in [2.75, 3.05) is 27.2 Å². The van der Waals surface area contributed by atoms with Crippen molar-refractivity contribution in [3.63, 3.8) is 0 Å². The van der Waals surface area contributed by atoms with Crippen LogP contribution >= 0.6 is 0 Å². The molecule has 0 saturated carbocycles. The van der Waals surface area contributed by atoms with Crippen LogP contribution in [0.5, 0.6) is 0 Å². The van der Waals surface area contributed by atoms with E-state index in [0.717, 1.165) is 0 Å². The van der Waals surface area contributed by atoms with E-state index in [-0.39, 0.29) is 54.3 Å². The minimum atomic E-state index is -4.31. The molecule has 4 N–H and O–H groups in total. The number of sulfonamides is 1. The largest absolute Gasteiger partial charge is 0.458 e. The number of rotatable bonds is 7. The van der Waals surface area contributed by atoms with Crippen LogP contribution in [0.2, 0.25) is 0 Å². The zero-order valence-corrected chi connectivity index (χ0v) is 38.0. The van der Waals surface area contributed by atoms with Crippen LogP contribution in [0, 0.1) is 23.7 Å². The minimum Gasteiger partial charge on any atom is -0.458 e. The Labute approximate surface area is 363 Å². The molecular formula is C43H63N5O13S. The van der Waals surface area contributed by atoms with E-state index in [4.69, 9.17) is 28.4 Å². The lowest BCUT2D eigenvalue weighted by molar-refractivity contribution is -0.299. The van der Waals surface area contributed by atoms with Crippen LogP contribution in [0.4, 0.5) is 9.59 Å². The molecule has 4 fully saturated rings. The number of aliphatic hydroxyl groups is 1. The van der Waals surface area contributed by atoms with Gasteiger partial charge in [-0.05, 0) is 73.2 Å². The molecule has 15 atom stereocenters. The second-order valence-corrected chi connectivity index (χ2v) is 19.8. The number of ether oxygens (including phenoxy) is 6.